The van der Waals surface area contributed by atoms with E-state index in [0.29, 0.717) is 12.4 Å². The molecule has 0 saturated carbocycles. The van der Waals surface area contributed by atoms with Crippen molar-refractivity contribution in [3.05, 3.63) is 102 Å². The first-order chi connectivity index (χ1) is 18.3. The van der Waals surface area contributed by atoms with E-state index >= 15 is 0 Å². The third-order valence-electron chi connectivity index (χ3n) is 6.28. The molecule has 6 aromatic heterocycles. The molecule has 0 atom stereocenters. The van der Waals surface area contributed by atoms with Crippen LogP contribution in [-0.2, 0) is 6.61 Å². The van der Waals surface area contributed by atoms with Crippen molar-refractivity contribution in [2.24, 2.45) is 0 Å². The number of thiophene rings is 1. The molecule has 0 aliphatic rings. The summed E-state index contributed by atoms with van der Waals surface area (Å²) in [6.07, 6.45) is 5.34. The van der Waals surface area contributed by atoms with Gasteiger partial charge in [-0.3, -0.25) is 10.1 Å². The molecule has 0 spiro atoms. The van der Waals surface area contributed by atoms with Gasteiger partial charge in [0.15, 0.2) is 0 Å². The predicted octanol–water partition coefficient (Wildman–Crippen LogP) is 6.87. The van der Waals surface area contributed by atoms with Crippen LogP contribution in [0, 0.1) is 0 Å². The van der Waals surface area contributed by atoms with Gasteiger partial charge in [0.05, 0.1) is 23.1 Å². The molecule has 0 bridgehead atoms. The van der Waals surface area contributed by atoms with Crippen LogP contribution >= 0.6 is 11.3 Å². The van der Waals surface area contributed by atoms with Crippen LogP contribution in [0.15, 0.2) is 96.1 Å². The van der Waals surface area contributed by atoms with E-state index < -0.39 is 0 Å². The quantitative estimate of drug-likeness (QED) is 0.260. The van der Waals surface area contributed by atoms with E-state index in [2.05, 4.69) is 48.0 Å². The maximum Gasteiger partial charge on any atom is 0.138 e. The van der Waals surface area contributed by atoms with Gasteiger partial charge in [-0.25, -0.2) is 9.97 Å². The van der Waals surface area contributed by atoms with Crippen LogP contribution in [0.25, 0.3) is 55.8 Å². The first-order valence-electron chi connectivity index (χ1n) is 11.8. The van der Waals surface area contributed by atoms with E-state index in [1.807, 2.05) is 60.8 Å². The second-order valence-electron chi connectivity index (χ2n) is 8.66. The van der Waals surface area contributed by atoms with Crippen molar-refractivity contribution < 1.29 is 4.74 Å². The van der Waals surface area contributed by atoms with E-state index in [9.17, 15) is 0 Å². The van der Waals surface area contributed by atoms with E-state index in [4.69, 9.17) is 9.72 Å². The van der Waals surface area contributed by atoms with Gasteiger partial charge in [0.1, 0.15) is 29.2 Å². The Balaban J connectivity index is 1.24. The molecular weight excluding hydrogens is 480 g/mol. The SMILES string of the molecule is c1ccc(COc2cncc(-c3ccc4[nH]nc(-c5cc6c(-c7ccsc7)ccnc6[nH]5)c4n3)c2)cc1. The van der Waals surface area contributed by atoms with E-state index in [-0.39, 0.29) is 0 Å². The minimum Gasteiger partial charge on any atom is -0.487 e. The fourth-order valence-corrected chi connectivity index (χ4v) is 5.11. The second kappa shape index (κ2) is 9.00. The summed E-state index contributed by atoms with van der Waals surface area (Å²) in [5.74, 6) is 0.693. The first kappa shape index (κ1) is 21.5. The maximum atomic E-state index is 5.98. The Morgan fingerprint density at radius 1 is 0.919 bits per heavy atom. The normalized spacial score (nSPS) is 11.4. The average Bonchev–Trinajstić information content (AvgIpc) is 3.71. The third kappa shape index (κ3) is 4.03. The van der Waals surface area contributed by atoms with Gasteiger partial charge in [0.25, 0.3) is 0 Å². The minimum atomic E-state index is 0.478. The van der Waals surface area contributed by atoms with Gasteiger partial charge in [0, 0.05) is 23.3 Å². The monoisotopic (exact) mass is 500 g/mol. The van der Waals surface area contributed by atoms with Gasteiger partial charge >= 0.3 is 0 Å². The predicted molar refractivity (Wildman–Crippen MR) is 146 cm³/mol. The minimum absolute atomic E-state index is 0.478. The van der Waals surface area contributed by atoms with Gasteiger partial charge in [0.2, 0.25) is 0 Å². The summed E-state index contributed by atoms with van der Waals surface area (Å²) in [5, 5.41) is 13.0. The van der Waals surface area contributed by atoms with E-state index in [1.54, 1.807) is 23.7 Å². The highest BCUT2D eigenvalue weighted by atomic mass is 32.1. The molecule has 7 nitrogen and oxygen atoms in total. The highest BCUT2D eigenvalue weighted by Crippen LogP contribution is 2.34. The molecule has 0 fully saturated rings. The molecule has 7 aromatic rings. The number of aromatic nitrogens is 6. The lowest BCUT2D eigenvalue weighted by Gasteiger charge is -2.08. The zero-order valence-electron chi connectivity index (χ0n) is 19.6. The summed E-state index contributed by atoms with van der Waals surface area (Å²) in [4.78, 5) is 17.3. The molecule has 0 aliphatic heterocycles. The Kier molecular flexibility index (Phi) is 5.22. The average molecular weight is 501 g/mol. The van der Waals surface area contributed by atoms with Gasteiger partial charge in [-0.15, -0.1) is 0 Å². The zero-order valence-corrected chi connectivity index (χ0v) is 20.4. The lowest BCUT2D eigenvalue weighted by atomic mass is 10.1. The number of pyridine rings is 3. The highest BCUT2D eigenvalue weighted by molar-refractivity contribution is 7.08. The molecule has 0 saturated heterocycles. The number of nitrogens with one attached hydrogen (secondary N) is 2. The summed E-state index contributed by atoms with van der Waals surface area (Å²) < 4.78 is 5.98. The largest absolute Gasteiger partial charge is 0.487 e. The summed E-state index contributed by atoms with van der Waals surface area (Å²) >= 11 is 1.68. The fourth-order valence-electron chi connectivity index (χ4n) is 4.45. The number of ether oxygens (including phenoxy) is 1. The number of rotatable bonds is 6. The van der Waals surface area contributed by atoms with Crippen molar-refractivity contribution >= 4 is 33.4 Å². The van der Waals surface area contributed by atoms with Crippen molar-refractivity contribution in [2.45, 2.75) is 6.61 Å². The lowest BCUT2D eigenvalue weighted by Crippen LogP contribution is -1.96. The van der Waals surface area contributed by atoms with Gasteiger partial charge in [-0.1, -0.05) is 30.3 Å². The Bertz CT molecular complexity index is 1840. The molecule has 178 valence electrons. The van der Waals surface area contributed by atoms with Crippen LogP contribution in [0.5, 0.6) is 5.75 Å². The maximum absolute atomic E-state index is 5.98. The third-order valence-corrected chi connectivity index (χ3v) is 6.97. The fraction of sp³-hybridized carbons (Fsp3) is 0.0345. The smallest absolute Gasteiger partial charge is 0.138 e. The summed E-state index contributed by atoms with van der Waals surface area (Å²) in [6.45, 7) is 0.478. The van der Waals surface area contributed by atoms with Crippen LogP contribution in [0.4, 0.5) is 0 Å². The van der Waals surface area contributed by atoms with Crippen LogP contribution in [0.2, 0.25) is 0 Å². The van der Waals surface area contributed by atoms with E-state index in [0.717, 1.165) is 55.8 Å². The highest BCUT2D eigenvalue weighted by Gasteiger charge is 2.16. The van der Waals surface area contributed by atoms with Crippen molar-refractivity contribution in [2.75, 3.05) is 0 Å². The summed E-state index contributed by atoms with van der Waals surface area (Å²) in [7, 11) is 0. The standard InChI is InChI=1S/C29H20N6OS/c1-2-4-18(5-3-1)16-36-21-12-20(14-30-15-21)24-6-7-25-27(32-24)28(35-34-25)26-13-23-22(19-9-11-37-17-19)8-10-31-29(23)33-26/h1-15,17H,16H2,(H,31,33)(H,34,35). The van der Waals surface area contributed by atoms with Crippen LogP contribution in [-0.4, -0.2) is 30.1 Å². The van der Waals surface area contributed by atoms with Gasteiger partial charge < -0.3 is 9.72 Å². The Labute approximate surface area is 215 Å². The van der Waals surface area contributed by atoms with Crippen LogP contribution < -0.4 is 4.74 Å². The van der Waals surface area contributed by atoms with Crippen molar-refractivity contribution in [1.82, 2.24) is 30.1 Å². The number of hydrogen-bond acceptors (Lipinski definition) is 6. The molecule has 0 radical (unpaired) electrons. The number of nitrogens with zero attached hydrogens (tertiary/aromatic N) is 4. The Morgan fingerprint density at radius 2 is 1.86 bits per heavy atom. The summed E-state index contributed by atoms with van der Waals surface area (Å²) in [6, 6.07) is 22.2. The molecule has 37 heavy (non-hydrogen) atoms. The summed E-state index contributed by atoms with van der Waals surface area (Å²) in [5.41, 5.74) is 9.14. The molecule has 8 heteroatoms. The van der Waals surface area contributed by atoms with E-state index in [1.165, 1.54) is 5.56 Å². The molecule has 0 unspecified atom stereocenters. The zero-order chi connectivity index (χ0) is 24.6. The number of benzene rings is 1. The van der Waals surface area contributed by atoms with Crippen LogP contribution in [0.3, 0.4) is 0 Å². The van der Waals surface area contributed by atoms with Crippen molar-refractivity contribution in [3.8, 4) is 39.5 Å². The molecule has 7 rings (SSSR count). The molecule has 1 aromatic carbocycles. The molecular formula is C29H20N6OS. The number of aromatic amines is 2. The topological polar surface area (TPSA) is 92.4 Å². The molecule has 0 aliphatic carbocycles. The molecule has 0 amide bonds. The van der Waals surface area contributed by atoms with Crippen molar-refractivity contribution in [1.29, 1.82) is 0 Å². The number of fused-ring (bicyclic) bond motifs is 2. The molecule has 2 N–H and O–H groups in total. The Morgan fingerprint density at radius 3 is 2.76 bits per heavy atom. The van der Waals surface area contributed by atoms with Gasteiger partial charge in [-0.05, 0) is 63.8 Å². The number of H-pyrrole nitrogens is 2. The lowest BCUT2D eigenvalue weighted by molar-refractivity contribution is 0.305. The second-order valence-corrected chi connectivity index (χ2v) is 9.44. The van der Waals surface area contributed by atoms with Crippen LogP contribution in [0.1, 0.15) is 5.56 Å². The first-order valence-corrected chi connectivity index (χ1v) is 12.7. The number of hydrogen-bond donors (Lipinski definition) is 2. The van der Waals surface area contributed by atoms with Gasteiger partial charge in [-0.2, -0.15) is 16.4 Å². The Hall–Kier alpha value is -4.82. The molecule has 6 heterocycles. The van der Waals surface area contributed by atoms with Crippen molar-refractivity contribution in [3.63, 3.8) is 0 Å².